The molecule has 0 bridgehead atoms. The SMILES string of the molecule is CCNC(=NCC(C)(C)c1ccc2c(c1)OCO2)NCC(CO)c1ccccc1.I. The van der Waals surface area contributed by atoms with Gasteiger partial charge in [0.25, 0.3) is 0 Å². The van der Waals surface area contributed by atoms with Gasteiger partial charge < -0.3 is 25.2 Å². The van der Waals surface area contributed by atoms with Gasteiger partial charge in [-0.25, -0.2) is 0 Å². The molecule has 1 atom stereocenters. The third-order valence-electron chi connectivity index (χ3n) is 5.14. The highest BCUT2D eigenvalue weighted by Crippen LogP contribution is 2.36. The van der Waals surface area contributed by atoms with Crippen LogP contribution in [-0.4, -0.2) is 44.1 Å². The molecule has 6 nitrogen and oxygen atoms in total. The summed E-state index contributed by atoms with van der Waals surface area (Å²) >= 11 is 0. The fourth-order valence-electron chi connectivity index (χ4n) is 3.26. The molecular weight excluding hydrogens is 493 g/mol. The predicted octanol–water partition coefficient (Wildman–Crippen LogP) is 3.64. The molecule has 0 aliphatic carbocycles. The van der Waals surface area contributed by atoms with Gasteiger partial charge in [-0.05, 0) is 30.2 Å². The van der Waals surface area contributed by atoms with E-state index in [2.05, 4.69) is 30.5 Å². The zero-order valence-corrected chi connectivity index (χ0v) is 20.2. The Hall–Kier alpha value is -2.00. The molecule has 0 saturated heterocycles. The quantitative estimate of drug-likeness (QED) is 0.279. The molecule has 0 radical (unpaired) electrons. The third kappa shape index (κ3) is 6.25. The molecule has 1 aliphatic heterocycles. The van der Waals surface area contributed by atoms with Crippen molar-refractivity contribution in [2.75, 3.05) is 33.0 Å². The number of guanidine groups is 1. The minimum absolute atomic E-state index is 0. The van der Waals surface area contributed by atoms with E-state index in [1.54, 1.807) is 0 Å². The van der Waals surface area contributed by atoms with E-state index in [9.17, 15) is 5.11 Å². The highest BCUT2D eigenvalue weighted by atomic mass is 127. The van der Waals surface area contributed by atoms with Crippen molar-refractivity contribution in [1.29, 1.82) is 0 Å². The molecule has 30 heavy (non-hydrogen) atoms. The van der Waals surface area contributed by atoms with Crippen LogP contribution in [0.15, 0.2) is 53.5 Å². The van der Waals surface area contributed by atoms with Gasteiger partial charge in [0.05, 0.1) is 13.2 Å². The van der Waals surface area contributed by atoms with Crippen molar-refractivity contribution in [3.8, 4) is 11.5 Å². The maximum Gasteiger partial charge on any atom is 0.231 e. The zero-order chi connectivity index (χ0) is 20.7. The topological polar surface area (TPSA) is 75.1 Å². The lowest BCUT2D eigenvalue weighted by atomic mass is 9.84. The second-order valence-corrected chi connectivity index (χ2v) is 7.82. The Morgan fingerprint density at radius 3 is 2.53 bits per heavy atom. The van der Waals surface area contributed by atoms with E-state index in [1.807, 2.05) is 49.4 Å². The second kappa shape index (κ2) is 11.4. The number of halogens is 1. The molecule has 0 saturated carbocycles. The minimum atomic E-state index is -0.168. The molecule has 3 rings (SSSR count). The van der Waals surface area contributed by atoms with Crippen molar-refractivity contribution in [2.45, 2.75) is 32.1 Å². The maximum absolute atomic E-state index is 9.78. The van der Waals surface area contributed by atoms with E-state index in [1.165, 1.54) is 0 Å². The Morgan fingerprint density at radius 1 is 1.10 bits per heavy atom. The van der Waals surface area contributed by atoms with Crippen LogP contribution in [0.2, 0.25) is 0 Å². The van der Waals surface area contributed by atoms with Gasteiger partial charge in [0.15, 0.2) is 17.5 Å². The van der Waals surface area contributed by atoms with Crippen LogP contribution in [-0.2, 0) is 5.41 Å². The number of fused-ring (bicyclic) bond motifs is 1. The van der Waals surface area contributed by atoms with Crippen LogP contribution in [0.1, 0.15) is 37.8 Å². The number of hydrogen-bond acceptors (Lipinski definition) is 4. The number of nitrogens with zero attached hydrogens (tertiary/aromatic N) is 1. The Labute approximate surface area is 196 Å². The number of aliphatic hydroxyl groups excluding tert-OH is 1. The molecule has 1 aliphatic rings. The lowest BCUT2D eigenvalue weighted by Gasteiger charge is -2.24. The number of rotatable bonds is 8. The summed E-state index contributed by atoms with van der Waals surface area (Å²) in [6, 6.07) is 16.1. The Morgan fingerprint density at radius 2 is 1.83 bits per heavy atom. The van der Waals surface area contributed by atoms with Gasteiger partial charge >= 0.3 is 0 Å². The summed E-state index contributed by atoms with van der Waals surface area (Å²) in [5.74, 6) is 2.34. The third-order valence-corrected chi connectivity index (χ3v) is 5.14. The first-order valence-electron chi connectivity index (χ1n) is 10.1. The zero-order valence-electron chi connectivity index (χ0n) is 17.9. The largest absolute Gasteiger partial charge is 0.454 e. The van der Waals surface area contributed by atoms with Crippen molar-refractivity contribution in [2.24, 2.45) is 4.99 Å². The predicted molar refractivity (Wildman–Crippen MR) is 131 cm³/mol. The molecular formula is C23H32IN3O3. The van der Waals surface area contributed by atoms with Crippen molar-refractivity contribution in [1.82, 2.24) is 10.6 Å². The lowest BCUT2D eigenvalue weighted by molar-refractivity contribution is 0.174. The standard InChI is InChI=1S/C23H31N3O3.HI/c1-4-24-22(25-13-18(14-27)17-8-6-5-7-9-17)26-15-23(2,3)19-10-11-20-21(12-19)29-16-28-20;/h5-12,18,27H,4,13-16H2,1-3H3,(H2,24,25,26);1H. The highest BCUT2D eigenvalue weighted by molar-refractivity contribution is 14.0. The van der Waals surface area contributed by atoms with E-state index in [0.29, 0.717) is 13.1 Å². The maximum atomic E-state index is 9.78. The summed E-state index contributed by atoms with van der Waals surface area (Å²) in [5.41, 5.74) is 2.09. The number of aliphatic hydroxyl groups is 1. The van der Waals surface area contributed by atoms with E-state index in [4.69, 9.17) is 14.5 Å². The summed E-state index contributed by atoms with van der Waals surface area (Å²) in [6.45, 7) is 8.72. The van der Waals surface area contributed by atoms with Crippen LogP contribution in [0.25, 0.3) is 0 Å². The van der Waals surface area contributed by atoms with E-state index >= 15 is 0 Å². The molecule has 1 unspecified atom stereocenters. The average molecular weight is 525 g/mol. The molecule has 1 heterocycles. The van der Waals surface area contributed by atoms with Gasteiger partial charge in [0.1, 0.15) is 0 Å². The van der Waals surface area contributed by atoms with Crippen LogP contribution in [0.5, 0.6) is 11.5 Å². The van der Waals surface area contributed by atoms with Gasteiger partial charge in [-0.3, -0.25) is 4.99 Å². The first-order chi connectivity index (χ1) is 14.0. The van der Waals surface area contributed by atoms with E-state index < -0.39 is 0 Å². The van der Waals surface area contributed by atoms with Gasteiger partial charge in [0, 0.05) is 24.4 Å². The molecule has 0 aromatic heterocycles. The normalized spacial score (nSPS) is 14.1. The van der Waals surface area contributed by atoms with Gasteiger partial charge in [-0.1, -0.05) is 50.2 Å². The summed E-state index contributed by atoms with van der Waals surface area (Å²) in [6.07, 6.45) is 0. The van der Waals surface area contributed by atoms with Crippen molar-refractivity contribution in [3.63, 3.8) is 0 Å². The number of benzene rings is 2. The summed E-state index contributed by atoms with van der Waals surface area (Å²) in [5, 5.41) is 16.4. The van der Waals surface area contributed by atoms with Crippen LogP contribution in [0, 0.1) is 0 Å². The smallest absolute Gasteiger partial charge is 0.231 e. The summed E-state index contributed by atoms with van der Waals surface area (Å²) in [4.78, 5) is 4.80. The van der Waals surface area contributed by atoms with Crippen molar-refractivity contribution in [3.05, 3.63) is 59.7 Å². The van der Waals surface area contributed by atoms with E-state index in [0.717, 1.165) is 35.1 Å². The van der Waals surface area contributed by atoms with Crippen LogP contribution < -0.4 is 20.1 Å². The Bertz CT molecular complexity index is 828. The molecule has 7 heteroatoms. The average Bonchev–Trinajstić information content (AvgIpc) is 3.21. The molecule has 3 N–H and O–H groups in total. The highest BCUT2D eigenvalue weighted by Gasteiger charge is 2.24. The number of hydrogen-bond donors (Lipinski definition) is 3. The van der Waals surface area contributed by atoms with Gasteiger partial charge in [0.2, 0.25) is 6.79 Å². The molecule has 2 aromatic carbocycles. The number of ether oxygens (including phenoxy) is 2. The van der Waals surface area contributed by atoms with Crippen molar-refractivity contribution >= 4 is 29.9 Å². The number of nitrogens with one attached hydrogen (secondary N) is 2. The molecule has 164 valence electrons. The molecule has 0 amide bonds. The summed E-state index contributed by atoms with van der Waals surface area (Å²) < 4.78 is 10.9. The van der Waals surface area contributed by atoms with Crippen LogP contribution >= 0.6 is 24.0 Å². The monoisotopic (exact) mass is 525 g/mol. The fraction of sp³-hybridized carbons (Fsp3) is 0.435. The lowest BCUT2D eigenvalue weighted by Crippen LogP contribution is -2.40. The fourth-order valence-corrected chi connectivity index (χ4v) is 3.26. The van der Waals surface area contributed by atoms with Gasteiger partial charge in [-0.2, -0.15) is 0 Å². The Kier molecular flexibility index (Phi) is 9.23. The molecule has 0 spiro atoms. The first-order valence-corrected chi connectivity index (χ1v) is 10.1. The molecule has 2 aromatic rings. The van der Waals surface area contributed by atoms with E-state index in [-0.39, 0.29) is 48.7 Å². The minimum Gasteiger partial charge on any atom is -0.454 e. The summed E-state index contributed by atoms with van der Waals surface area (Å²) in [7, 11) is 0. The second-order valence-electron chi connectivity index (χ2n) is 7.82. The van der Waals surface area contributed by atoms with Gasteiger partial charge in [-0.15, -0.1) is 24.0 Å². The van der Waals surface area contributed by atoms with Crippen LogP contribution in [0.4, 0.5) is 0 Å². The van der Waals surface area contributed by atoms with Crippen LogP contribution in [0.3, 0.4) is 0 Å². The van der Waals surface area contributed by atoms with Crippen molar-refractivity contribution < 1.29 is 14.6 Å². The molecule has 0 fully saturated rings. The first kappa shape index (κ1) is 24.3. The number of aliphatic imine (C=N–C) groups is 1. The Balaban J connectivity index is 0.00000320.